The average molecular weight is 819 g/mol. The van der Waals surface area contributed by atoms with Crippen LogP contribution in [0.2, 0.25) is 0 Å². The van der Waals surface area contributed by atoms with E-state index in [9.17, 15) is 60.0 Å². The SMILES string of the molecule is CCCCCCCC(=O)N[C@H]1[C@H](O[C@H]2O[C@H](CO)[C@@H](O)[C@H](O)[C@H]2NC(=O)CCCCCCC)O[C@H](C[C@@H](O)[C@@H]2O[C@@H](n3ccc(=O)[nH]c3=O)[C@H](O)[C@@H]2O)[C@H](O)[C@@H]1O. The minimum Gasteiger partial charge on any atom is -0.394 e. The number of aromatic amines is 1. The third kappa shape index (κ3) is 12.3. The number of unbranched alkanes of at least 4 members (excludes halogenated alkanes) is 8. The van der Waals surface area contributed by atoms with E-state index in [1.807, 2.05) is 4.98 Å². The maximum Gasteiger partial charge on any atom is 0.330 e. The Morgan fingerprint density at radius 1 is 0.737 bits per heavy atom. The van der Waals surface area contributed by atoms with Crippen molar-refractivity contribution < 1.29 is 69.4 Å². The van der Waals surface area contributed by atoms with Gasteiger partial charge >= 0.3 is 5.69 Å². The second-order valence-electron chi connectivity index (χ2n) is 15.2. The smallest absolute Gasteiger partial charge is 0.330 e. The Morgan fingerprint density at radius 2 is 1.25 bits per heavy atom. The summed E-state index contributed by atoms with van der Waals surface area (Å²) in [6.45, 7) is 3.35. The average Bonchev–Trinajstić information content (AvgIpc) is 3.47. The Hall–Kier alpha value is -2.86. The maximum atomic E-state index is 13.1. The zero-order chi connectivity index (χ0) is 41.8. The quantitative estimate of drug-likeness (QED) is 0.0572. The predicted molar refractivity (Wildman–Crippen MR) is 198 cm³/mol. The topological polar surface area (TPSA) is 312 Å². The Kier molecular flexibility index (Phi) is 18.5. The third-order valence-electron chi connectivity index (χ3n) is 10.8. The van der Waals surface area contributed by atoms with Crippen molar-refractivity contribution in [2.24, 2.45) is 0 Å². The lowest BCUT2D eigenvalue weighted by atomic mass is 9.91. The van der Waals surface area contributed by atoms with Crippen molar-refractivity contribution in [3.05, 3.63) is 33.1 Å². The molecule has 0 spiro atoms. The normalized spacial score (nSPS) is 34.8. The molecule has 57 heavy (non-hydrogen) atoms. The number of rotatable bonds is 21. The molecule has 0 unspecified atom stereocenters. The molecule has 4 heterocycles. The largest absolute Gasteiger partial charge is 0.394 e. The van der Waals surface area contributed by atoms with Crippen molar-refractivity contribution in [1.29, 1.82) is 0 Å². The molecule has 0 bridgehead atoms. The highest BCUT2D eigenvalue weighted by atomic mass is 16.8. The van der Waals surface area contributed by atoms with Gasteiger partial charge < -0.3 is 70.4 Å². The van der Waals surface area contributed by atoms with E-state index in [0.717, 1.165) is 68.2 Å². The molecule has 0 aromatic carbocycles. The Balaban J connectivity index is 1.55. The number of nitrogens with one attached hydrogen (secondary N) is 3. The van der Waals surface area contributed by atoms with E-state index in [4.69, 9.17) is 18.9 Å². The predicted octanol–water partition coefficient (Wildman–Crippen LogP) is -2.50. The highest BCUT2D eigenvalue weighted by Crippen LogP contribution is 2.34. The number of aliphatic hydroxyl groups is 8. The van der Waals surface area contributed by atoms with Crippen molar-refractivity contribution >= 4 is 11.8 Å². The van der Waals surface area contributed by atoms with Gasteiger partial charge in [0.1, 0.15) is 60.9 Å². The van der Waals surface area contributed by atoms with E-state index < -0.39 is 128 Å². The molecule has 2 amide bonds. The van der Waals surface area contributed by atoms with Crippen molar-refractivity contribution in [2.45, 2.75) is 189 Å². The summed E-state index contributed by atoms with van der Waals surface area (Å²) in [7, 11) is 0. The van der Waals surface area contributed by atoms with E-state index in [1.165, 1.54) is 0 Å². The highest BCUT2D eigenvalue weighted by Gasteiger charge is 2.53. The van der Waals surface area contributed by atoms with Crippen LogP contribution in [0.25, 0.3) is 0 Å². The van der Waals surface area contributed by atoms with E-state index in [0.29, 0.717) is 12.8 Å². The van der Waals surface area contributed by atoms with Gasteiger partial charge in [-0.3, -0.25) is 23.9 Å². The van der Waals surface area contributed by atoms with E-state index in [1.54, 1.807) is 0 Å². The molecule has 20 heteroatoms. The fourth-order valence-corrected chi connectivity index (χ4v) is 7.41. The summed E-state index contributed by atoms with van der Waals surface area (Å²) in [5, 5.41) is 92.4. The number of ether oxygens (including phenoxy) is 4. The van der Waals surface area contributed by atoms with E-state index in [2.05, 4.69) is 24.5 Å². The van der Waals surface area contributed by atoms with Gasteiger partial charge in [0.15, 0.2) is 18.8 Å². The second-order valence-corrected chi connectivity index (χ2v) is 15.2. The monoisotopic (exact) mass is 818 g/mol. The molecule has 1 aromatic rings. The van der Waals surface area contributed by atoms with Crippen molar-refractivity contribution in [1.82, 2.24) is 20.2 Å². The lowest BCUT2D eigenvalue weighted by Gasteiger charge is -2.47. The Labute approximate surface area is 330 Å². The first-order valence-corrected chi connectivity index (χ1v) is 20.1. The molecule has 20 nitrogen and oxygen atoms in total. The fraction of sp³-hybridized carbons (Fsp3) is 0.838. The molecule has 326 valence electrons. The molecular weight excluding hydrogens is 756 g/mol. The standard InChI is InChI=1S/C37H62N4O16/c1-3-5-7-9-11-13-22(44)38-25-29(49)27(47)20(17-19(43)33-31(51)32(52)34(56-33)41-16-15-24(46)40-37(41)53)54-35(25)57-36-26(30(50)28(48)21(18-42)55-36)39-23(45)14-12-10-8-6-4-2/h15-16,19-21,25-36,42-43,47-52H,3-14,17-18H2,1-2H3,(H,38,44)(H,39,45)(H,40,46,53)/t19-,20-,21-,25-,26-,27+,28-,29-,30-,31+,32-,33+,34-,35+,36-/m1/s1. The van der Waals surface area contributed by atoms with E-state index in [-0.39, 0.29) is 12.8 Å². The molecule has 3 saturated heterocycles. The summed E-state index contributed by atoms with van der Waals surface area (Å²) in [6.07, 6.45) is -12.5. The van der Waals surface area contributed by atoms with Crippen LogP contribution >= 0.6 is 0 Å². The van der Waals surface area contributed by atoms with Crippen LogP contribution in [0, 0.1) is 0 Å². The van der Waals surface area contributed by atoms with Crippen LogP contribution in [-0.4, -0.2) is 155 Å². The maximum absolute atomic E-state index is 13.1. The van der Waals surface area contributed by atoms with Crippen LogP contribution in [0.1, 0.15) is 104 Å². The first-order valence-electron chi connectivity index (χ1n) is 20.1. The number of nitrogens with zero attached hydrogens (tertiary/aromatic N) is 1. The molecule has 0 aliphatic carbocycles. The van der Waals surface area contributed by atoms with Crippen LogP contribution in [0.3, 0.4) is 0 Å². The Bertz CT molecular complexity index is 1510. The second kappa shape index (κ2) is 22.5. The third-order valence-corrected chi connectivity index (χ3v) is 10.8. The lowest BCUT2D eigenvalue weighted by Crippen LogP contribution is -2.69. The number of H-pyrrole nitrogens is 1. The molecule has 4 rings (SSSR count). The van der Waals surface area contributed by atoms with Gasteiger partial charge in [-0.1, -0.05) is 65.2 Å². The number of carbonyl (C=O) groups is 2. The Morgan fingerprint density at radius 3 is 1.75 bits per heavy atom. The molecule has 3 aliphatic rings. The van der Waals surface area contributed by atoms with Crippen LogP contribution in [-0.2, 0) is 28.5 Å². The van der Waals surface area contributed by atoms with Gasteiger partial charge in [-0.2, -0.15) is 0 Å². The first kappa shape index (κ1) is 46.8. The molecule has 0 saturated carbocycles. The van der Waals surface area contributed by atoms with Gasteiger partial charge in [0.25, 0.3) is 5.56 Å². The summed E-state index contributed by atoms with van der Waals surface area (Å²) in [5.74, 6) is -1.00. The van der Waals surface area contributed by atoms with Crippen LogP contribution < -0.4 is 21.9 Å². The highest BCUT2D eigenvalue weighted by molar-refractivity contribution is 5.76. The number of aliphatic hydroxyl groups excluding tert-OH is 8. The number of aromatic nitrogens is 2. The summed E-state index contributed by atoms with van der Waals surface area (Å²) in [6, 6.07) is -1.93. The van der Waals surface area contributed by atoms with Crippen molar-refractivity contribution in [3.8, 4) is 0 Å². The molecule has 1 aromatic heterocycles. The van der Waals surface area contributed by atoms with Gasteiger partial charge in [0, 0.05) is 31.5 Å². The molecule has 3 fully saturated rings. The zero-order valence-electron chi connectivity index (χ0n) is 32.5. The number of carbonyl (C=O) groups excluding carboxylic acids is 2. The van der Waals surface area contributed by atoms with Crippen LogP contribution in [0.4, 0.5) is 0 Å². The summed E-state index contributed by atoms with van der Waals surface area (Å²) in [4.78, 5) is 52.1. The number of amides is 2. The van der Waals surface area contributed by atoms with Gasteiger partial charge in [-0.05, 0) is 12.8 Å². The van der Waals surface area contributed by atoms with Crippen molar-refractivity contribution in [2.75, 3.05) is 6.61 Å². The summed E-state index contributed by atoms with van der Waals surface area (Å²) < 4.78 is 24.4. The van der Waals surface area contributed by atoms with Crippen LogP contribution in [0.5, 0.6) is 0 Å². The summed E-state index contributed by atoms with van der Waals surface area (Å²) >= 11 is 0. The lowest BCUT2D eigenvalue weighted by molar-refractivity contribution is -0.347. The minimum absolute atomic E-state index is 0.0606. The summed E-state index contributed by atoms with van der Waals surface area (Å²) in [5.41, 5.74) is -1.67. The van der Waals surface area contributed by atoms with Gasteiger partial charge in [0.05, 0.1) is 18.8 Å². The number of hydrogen-bond acceptors (Lipinski definition) is 16. The van der Waals surface area contributed by atoms with E-state index >= 15 is 0 Å². The van der Waals surface area contributed by atoms with Gasteiger partial charge in [-0.15, -0.1) is 0 Å². The van der Waals surface area contributed by atoms with Crippen LogP contribution in [0.15, 0.2) is 21.9 Å². The molecule has 0 radical (unpaired) electrons. The molecule has 15 atom stereocenters. The van der Waals surface area contributed by atoms with Gasteiger partial charge in [0.2, 0.25) is 11.8 Å². The van der Waals surface area contributed by atoms with Crippen molar-refractivity contribution in [3.63, 3.8) is 0 Å². The van der Waals surface area contributed by atoms with Gasteiger partial charge in [-0.25, -0.2) is 4.79 Å². The molecule has 11 N–H and O–H groups in total. The molecule has 3 aliphatic heterocycles. The zero-order valence-corrected chi connectivity index (χ0v) is 32.5. The molecular formula is C37H62N4O16. The minimum atomic E-state index is -1.82. The first-order chi connectivity index (χ1) is 27.2. The fourth-order valence-electron chi connectivity index (χ4n) is 7.41. The number of hydrogen-bond donors (Lipinski definition) is 11.